The molecule has 4 atom stereocenters. The number of nitrogens with zero attached hydrogens (tertiary/aromatic N) is 3. The zero-order chi connectivity index (χ0) is 24.4. The second-order valence-corrected chi connectivity index (χ2v) is 11.2. The number of carbonyl (C=O) groups excluding carboxylic acids is 2. The number of amides is 2. The summed E-state index contributed by atoms with van der Waals surface area (Å²) >= 11 is 0. The van der Waals surface area contributed by atoms with Crippen molar-refractivity contribution in [3.63, 3.8) is 0 Å². The van der Waals surface area contributed by atoms with Gasteiger partial charge in [-0.05, 0) is 73.3 Å². The zero-order valence-corrected chi connectivity index (χ0v) is 21.4. The molecule has 2 aliphatic rings. The molecule has 0 radical (unpaired) electrons. The number of pyridine rings is 1. The van der Waals surface area contributed by atoms with Gasteiger partial charge in [0, 0.05) is 50.1 Å². The van der Waals surface area contributed by atoms with Gasteiger partial charge in [-0.2, -0.15) is 0 Å². The van der Waals surface area contributed by atoms with Crippen LogP contribution < -0.4 is 10.2 Å². The summed E-state index contributed by atoms with van der Waals surface area (Å²) in [7, 11) is 0. The molecule has 1 aromatic heterocycles. The Bertz CT molecular complexity index is 1030. The first-order chi connectivity index (χ1) is 16.2. The van der Waals surface area contributed by atoms with Crippen molar-refractivity contribution < 1.29 is 9.59 Å². The summed E-state index contributed by atoms with van der Waals surface area (Å²) in [6.07, 6.45) is 2.90. The molecule has 2 amide bonds. The number of anilines is 2. The fraction of sp³-hybridized carbons (Fsp3) is 0.607. The third-order valence-corrected chi connectivity index (χ3v) is 7.27. The predicted molar refractivity (Wildman–Crippen MR) is 139 cm³/mol. The number of benzene rings is 1. The highest BCUT2D eigenvalue weighted by molar-refractivity contribution is 5.96. The maximum absolute atomic E-state index is 12.6. The summed E-state index contributed by atoms with van der Waals surface area (Å²) in [4.78, 5) is 34.4. The topological polar surface area (TPSA) is 65.5 Å². The monoisotopic (exact) mass is 464 g/mol. The minimum absolute atomic E-state index is 0.0842. The van der Waals surface area contributed by atoms with E-state index in [1.807, 2.05) is 23.1 Å². The number of rotatable bonds is 5. The van der Waals surface area contributed by atoms with Gasteiger partial charge in [-0.25, -0.2) is 4.98 Å². The lowest BCUT2D eigenvalue weighted by molar-refractivity contribution is -0.135. The SMILES string of the molecule is Cc1cc(N2CC(C)CC(C)C2)nc2ccc(NC(=O)CCC(=O)N3CC(C)CC(C)C3)cc12. The number of fused-ring (bicyclic) bond motifs is 1. The number of aromatic nitrogens is 1. The molecular weight excluding hydrogens is 424 g/mol. The molecule has 184 valence electrons. The van der Waals surface area contributed by atoms with Crippen molar-refractivity contribution >= 4 is 34.2 Å². The van der Waals surface area contributed by atoms with Crippen molar-refractivity contribution in [2.45, 2.75) is 60.3 Å². The minimum Gasteiger partial charge on any atom is -0.356 e. The van der Waals surface area contributed by atoms with Crippen LogP contribution in [-0.2, 0) is 9.59 Å². The van der Waals surface area contributed by atoms with Crippen LogP contribution in [0.15, 0.2) is 24.3 Å². The van der Waals surface area contributed by atoms with Crippen LogP contribution in [0.2, 0.25) is 0 Å². The minimum atomic E-state index is -0.121. The first-order valence-electron chi connectivity index (χ1n) is 12.9. The molecule has 1 N–H and O–H groups in total. The fourth-order valence-electron chi connectivity index (χ4n) is 5.93. The van der Waals surface area contributed by atoms with E-state index < -0.39 is 0 Å². The second kappa shape index (κ2) is 10.3. The quantitative estimate of drug-likeness (QED) is 0.656. The van der Waals surface area contributed by atoms with Crippen LogP contribution in [0.5, 0.6) is 0 Å². The van der Waals surface area contributed by atoms with Gasteiger partial charge in [0.1, 0.15) is 5.82 Å². The lowest BCUT2D eigenvalue weighted by Crippen LogP contribution is -2.42. The summed E-state index contributed by atoms with van der Waals surface area (Å²) in [5, 5.41) is 4.03. The van der Waals surface area contributed by atoms with E-state index >= 15 is 0 Å². The maximum Gasteiger partial charge on any atom is 0.224 e. The third kappa shape index (κ3) is 5.89. The molecule has 1 aromatic carbocycles. The first-order valence-corrected chi connectivity index (χ1v) is 12.9. The molecule has 6 nitrogen and oxygen atoms in total. The lowest BCUT2D eigenvalue weighted by atomic mass is 9.91. The molecule has 4 rings (SSSR count). The number of nitrogens with one attached hydrogen (secondary N) is 1. The van der Waals surface area contributed by atoms with E-state index in [9.17, 15) is 9.59 Å². The molecule has 2 fully saturated rings. The summed E-state index contributed by atoms with van der Waals surface area (Å²) in [6.45, 7) is 14.8. The Labute approximate surface area is 204 Å². The molecule has 34 heavy (non-hydrogen) atoms. The number of aryl methyl sites for hydroxylation is 1. The Morgan fingerprint density at radius 3 is 2.18 bits per heavy atom. The van der Waals surface area contributed by atoms with Gasteiger partial charge in [-0.3, -0.25) is 9.59 Å². The van der Waals surface area contributed by atoms with E-state index in [0.717, 1.165) is 60.6 Å². The van der Waals surface area contributed by atoms with Gasteiger partial charge in [-0.1, -0.05) is 27.7 Å². The molecule has 2 aliphatic heterocycles. The van der Waals surface area contributed by atoms with Crippen LogP contribution in [0, 0.1) is 30.6 Å². The van der Waals surface area contributed by atoms with Crippen molar-refractivity contribution in [1.82, 2.24) is 9.88 Å². The number of piperidine rings is 2. The highest BCUT2D eigenvalue weighted by atomic mass is 16.2. The Kier molecular flexibility index (Phi) is 7.44. The number of carbonyl (C=O) groups is 2. The molecule has 2 aromatic rings. The molecule has 4 unspecified atom stereocenters. The molecule has 0 spiro atoms. The van der Waals surface area contributed by atoms with E-state index in [2.05, 4.69) is 50.9 Å². The van der Waals surface area contributed by atoms with Crippen molar-refractivity contribution in [1.29, 1.82) is 0 Å². The van der Waals surface area contributed by atoms with E-state index in [-0.39, 0.29) is 24.7 Å². The Hall–Kier alpha value is -2.63. The summed E-state index contributed by atoms with van der Waals surface area (Å²) < 4.78 is 0. The highest BCUT2D eigenvalue weighted by Crippen LogP contribution is 2.29. The van der Waals surface area contributed by atoms with Crippen LogP contribution in [0.3, 0.4) is 0 Å². The molecular formula is C28H40N4O2. The van der Waals surface area contributed by atoms with E-state index in [1.165, 1.54) is 6.42 Å². The van der Waals surface area contributed by atoms with Gasteiger partial charge in [-0.15, -0.1) is 0 Å². The smallest absolute Gasteiger partial charge is 0.224 e. The average molecular weight is 465 g/mol. The second-order valence-electron chi connectivity index (χ2n) is 11.2. The van der Waals surface area contributed by atoms with Crippen molar-refractivity contribution in [3.8, 4) is 0 Å². The van der Waals surface area contributed by atoms with Gasteiger partial charge in [0.2, 0.25) is 11.8 Å². The third-order valence-electron chi connectivity index (χ3n) is 7.27. The Balaban J connectivity index is 1.38. The highest BCUT2D eigenvalue weighted by Gasteiger charge is 2.26. The number of hydrogen-bond donors (Lipinski definition) is 1. The van der Waals surface area contributed by atoms with Crippen LogP contribution in [-0.4, -0.2) is 47.9 Å². The molecule has 3 heterocycles. The lowest BCUT2D eigenvalue weighted by Gasteiger charge is -2.36. The maximum atomic E-state index is 12.6. The fourth-order valence-corrected chi connectivity index (χ4v) is 5.93. The van der Waals surface area contributed by atoms with Gasteiger partial charge < -0.3 is 15.1 Å². The van der Waals surface area contributed by atoms with E-state index in [0.29, 0.717) is 23.7 Å². The zero-order valence-electron chi connectivity index (χ0n) is 21.4. The molecule has 0 bridgehead atoms. The first kappa shape index (κ1) is 24.5. The normalized spacial score (nSPS) is 25.4. The molecule has 2 saturated heterocycles. The summed E-state index contributed by atoms with van der Waals surface area (Å²) in [5.74, 6) is 3.40. The van der Waals surface area contributed by atoms with E-state index in [4.69, 9.17) is 4.98 Å². The Morgan fingerprint density at radius 1 is 0.912 bits per heavy atom. The van der Waals surface area contributed by atoms with Crippen LogP contribution in [0.4, 0.5) is 11.5 Å². The van der Waals surface area contributed by atoms with Gasteiger partial charge >= 0.3 is 0 Å². The Morgan fingerprint density at radius 2 is 1.53 bits per heavy atom. The van der Waals surface area contributed by atoms with E-state index in [1.54, 1.807) is 0 Å². The number of hydrogen-bond acceptors (Lipinski definition) is 4. The number of likely N-dealkylation sites (tertiary alicyclic amines) is 1. The standard InChI is InChI=1S/C28H40N4O2/c1-18-10-19(2)15-31(14-18)26-12-22(5)24-13-23(6-7-25(24)30-26)29-27(33)8-9-28(34)32-16-20(3)11-21(4)17-32/h6-7,12-13,18-21H,8-11,14-17H2,1-5H3,(H,29,33). The molecule has 0 saturated carbocycles. The van der Waals surface area contributed by atoms with Crippen LogP contribution >= 0.6 is 0 Å². The predicted octanol–water partition coefficient (Wildman–Crippen LogP) is 5.25. The molecule has 6 heteroatoms. The van der Waals surface area contributed by atoms with Gasteiger partial charge in [0.05, 0.1) is 5.52 Å². The van der Waals surface area contributed by atoms with Crippen molar-refractivity contribution in [3.05, 3.63) is 29.8 Å². The van der Waals surface area contributed by atoms with Crippen molar-refractivity contribution in [2.24, 2.45) is 23.7 Å². The van der Waals surface area contributed by atoms with Crippen LogP contribution in [0.25, 0.3) is 10.9 Å². The molecule has 0 aliphatic carbocycles. The summed E-state index contributed by atoms with van der Waals surface area (Å²) in [6, 6.07) is 8.06. The van der Waals surface area contributed by atoms with Crippen LogP contribution in [0.1, 0.15) is 58.9 Å². The average Bonchev–Trinajstić information content (AvgIpc) is 2.76. The van der Waals surface area contributed by atoms with Gasteiger partial charge in [0.25, 0.3) is 0 Å². The van der Waals surface area contributed by atoms with Crippen molar-refractivity contribution in [2.75, 3.05) is 36.4 Å². The largest absolute Gasteiger partial charge is 0.356 e. The van der Waals surface area contributed by atoms with Gasteiger partial charge in [0.15, 0.2) is 0 Å². The summed E-state index contributed by atoms with van der Waals surface area (Å²) in [5.41, 5.74) is 2.86.